The van der Waals surface area contributed by atoms with Crippen LogP contribution in [0, 0.1) is 0 Å². The van der Waals surface area contributed by atoms with Crippen molar-refractivity contribution in [1.29, 1.82) is 0 Å². The number of ether oxygens (including phenoxy) is 3. The lowest BCUT2D eigenvalue weighted by Gasteiger charge is -2.47. The second-order valence-corrected chi connectivity index (χ2v) is 10.5. The molecule has 1 saturated heterocycles. The molecule has 2 atom stereocenters. The molecule has 0 aliphatic carbocycles. The lowest BCUT2D eigenvalue weighted by Crippen LogP contribution is -2.69. The summed E-state index contributed by atoms with van der Waals surface area (Å²) >= 11 is 2.50. The normalized spacial score (nSPS) is 19.8. The monoisotopic (exact) mass is 541 g/mol. The van der Waals surface area contributed by atoms with E-state index in [1.807, 2.05) is 27.7 Å². The fourth-order valence-electron chi connectivity index (χ4n) is 3.27. The van der Waals surface area contributed by atoms with Crippen molar-refractivity contribution in [2.24, 2.45) is 5.16 Å². The van der Waals surface area contributed by atoms with E-state index in [-0.39, 0.29) is 53.2 Å². The summed E-state index contributed by atoms with van der Waals surface area (Å²) in [6.07, 6.45) is 0.847. The standard InChI is InChI=1S/C22H31N5O7S2/c1-11(2)32-7-14(8-33-12(3)4)34-21(30)13-6-27-19(29)17(20(27)35-9-13)25-18(28)16(26-31-5)15-10-36-22(23)24-15/h6,10-12,14,17,20H,7-9H2,1-5H3,(H2,23,24)(H,25,28)/t17?,20-/m1/s1. The molecule has 3 rings (SSSR count). The minimum atomic E-state index is -0.791. The second kappa shape index (κ2) is 12.5. The Morgan fingerprint density at radius 2 is 1.92 bits per heavy atom. The molecule has 1 fully saturated rings. The number of carbonyl (C=O) groups is 3. The quantitative estimate of drug-likeness (QED) is 0.170. The minimum absolute atomic E-state index is 0.0244. The van der Waals surface area contributed by atoms with Gasteiger partial charge in [-0.05, 0) is 27.7 Å². The Hall–Kier alpha value is -2.68. The number of β-lactam (4-membered cyclic amide) rings is 1. The van der Waals surface area contributed by atoms with Gasteiger partial charge >= 0.3 is 5.97 Å². The van der Waals surface area contributed by atoms with Crippen LogP contribution in [0.1, 0.15) is 33.4 Å². The predicted octanol–water partition coefficient (Wildman–Crippen LogP) is 1.12. The van der Waals surface area contributed by atoms with Gasteiger partial charge in [0.1, 0.15) is 30.3 Å². The highest BCUT2D eigenvalue weighted by atomic mass is 32.2. The van der Waals surface area contributed by atoms with Crippen LogP contribution in [0.2, 0.25) is 0 Å². The number of esters is 1. The Bertz CT molecular complexity index is 1010. The molecule has 0 aromatic carbocycles. The van der Waals surface area contributed by atoms with Crippen LogP contribution in [-0.2, 0) is 33.4 Å². The number of hydrogen-bond acceptors (Lipinski definition) is 12. The highest BCUT2D eigenvalue weighted by Gasteiger charge is 2.50. The summed E-state index contributed by atoms with van der Waals surface area (Å²) < 4.78 is 16.8. The number of thiazole rings is 1. The Kier molecular flexibility index (Phi) is 9.70. The third-order valence-corrected chi connectivity index (χ3v) is 6.99. The summed E-state index contributed by atoms with van der Waals surface area (Å²) in [5.74, 6) is -1.21. The van der Waals surface area contributed by atoms with Crippen LogP contribution in [0.15, 0.2) is 22.3 Å². The average molecular weight is 542 g/mol. The molecule has 198 valence electrons. The molecule has 3 heterocycles. The molecule has 36 heavy (non-hydrogen) atoms. The number of carbonyl (C=O) groups excluding carboxylic acids is 3. The number of hydrogen-bond donors (Lipinski definition) is 2. The molecular formula is C22H31N5O7S2. The lowest BCUT2D eigenvalue weighted by molar-refractivity contribution is -0.154. The van der Waals surface area contributed by atoms with Crippen molar-refractivity contribution in [2.75, 3.05) is 31.8 Å². The first-order valence-electron chi connectivity index (χ1n) is 11.3. The third kappa shape index (κ3) is 6.96. The van der Waals surface area contributed by atoms with Crippen LogP contribution in [-0.4, -0.2) is 89.2 Å². The Morgan fingerprint density at radius 1 is 1.25 bits per heavy atom. The second-order valence-electron chi connectivity index (χ2n) is 8.54. The van der Waals surface area contributed by atoms with Gasteiger partial charge in [-0.25, -0.2) is 9.78 Å². The summed E-state index contributed by atoms with van der Waals surface area (Å²) in [5, 5.41) is 7.88. The first-order valence-corrected chi connectivity index (χ1v) is 13.3. The molecule has 14 heteroatoms. The van der Waals surface area contributed by atoms with E-state index in [1.165, 1.54) is 30.0 Å². The zero-order chi connectivity index (χ0) is 26.4. The number of thioether (sulfide) groups is 1. The molecule has 0 spiro atoms. The van der Waals surface area contributed by atoms with E-state index in [2.05, 4.69) is 15.5 Å². The van der Waals surface area contributed by atoms with Crippen LogP contribution in [0.3, 0.4) is 0 Å². The molecule has 3 N–H and O–H groups in total. The number of nitrogens with one attached hydrogen (secondary N) is 1. The minimum Gasteiger partial charge on any atom is -0.454 e. The van der Waals surface area contributed by atoms with Gasteiger partial charge < -0.3 is 35.0 Å². The highest BCUT2D eigenvalue weighted by molar-refractivity contribution is 8.00. The van der Waals surface area contributed by atoms with Gasteiger partial charge in [0.25, 0.3) is 11.8 Å². The SMILES string of the molecule is CON=C(C(=O)NC1C(=O)N2C=C(C(=O)OC(COC(C)C)COC(C)C)CS[C@H]12)c1csc(N)n1. The number of nitrogens with zero attached hydrogens (tertiary/aromatic N) is 3. The zero-order valence-electron chi connectivity index (χ0n) is 20.8. The van der Waals surface area contributed by atoms with Crippen molar-refractivity contribution in [3.63, 3.8) is 0 Å². The van der Waals surface area contributed by atoms with Crippen LogP contribution < -0.4 is 11.1 Å². The van der Waals surface area contributed by atoms with Crippen molar-refractivity contribution in [3.05, 3.63) is 22.8 Å². The number of anilines is 1. The maximum Gasteiger partial charge on any atom is 0.336 e. The topological polar surface area (TPSA) is 155 Å². The molecular weight excluding hydrogens is 510 g/mol. The van der Waals surface area contributed by atoms with E-state index < -0.39 is 24.0 Å². The molecule has 2 amide bonds. The maximum atomic E-state index is 12.8. The Labute approximate surface area is 217 Å². The zero-order valence-corrected chi connectivity index (χ0v) is 22.4. The summed E-state index contributed by atoms with van der Waals surface area (Å²) in [6.45, 7) is 7.97. The molecule has 0 radical (unpaired) electrons. The number of rotatable bonds is 12. The first-order chi connectivity index (χ1) is 17.1. The van der Waals surface area contributed by atoms with E-state index in [0.717, 1.165) is 11.3 Å². The highest BCUT2D eigenvalue weighted by Crippen LogP contribution is 2.36. The van der Waals surface area contributed by atoms with E-state index >= 15 is 0 Å². The number of fused-ring (bicyclic) bond motifs is 1. The molecule has 1 aromatic heterocycles. The van der Waals surface area contributed by atoms with Crippen LogP contribution >= 0.6 is 23.1 Å². The van der Waals surface area contributed by atoms with Crippen molar-refractivity contribution < 1.29 is 33.4 Å². The number of nitrogen functional groups attached to an aromatic ring is 1. The average Bonchev–Trinajstić information content (AvgIpc) is 3.27. The van der Waals surface area contributed by atoms with Gasteiger partial charge in [0.2, 0.25) is 0 Å². The van der Waals surface area contributed by atoms with Gasteiger partial charge in [0.05, 0.1) is 31.0 Å². The smallest absolute Gasteiger partial charge is 0.336 e. The molecule has 12 nitrogen and oxygen atoms in total. The van der Waals surface area contributed by atoms with Gasteiger partial charge in [-0.15, -0.1) is 23.1 Å². The lowest BCUT2D eigenvalue weighted by atomic mass is 10.1. The van der Waals surface area contributed by atoms with Crippen molar-refractivity contribution in [3.8, 4) is 0 Å². The van der Waals surface area contributed by atoms with E-state index in [0.29, 0.717) is 11.3 Å². The Morgan fingerprint density at radius 3 is 2.47 bits per heavy atom. The molecule has 0 saturated carbocycles. The molecule has 2 aliphatic rings. The summed E-state index contributed by atoms with van der Waals surface area (Å²) in [5.41, 5.74) is 6.15. The number of oxime groups is 1. The Balaban J connectivity index is 1.61. The van der Waals surface area contributed by atoms with Crippen molar-refractivity contribution in [2.45, 2.75) is 57.4 Å². The van der Waals surface area contributed by atoms with Gasteiger partial charge in [-0.2, -0.15) is 0 Å². The summed E-state index contributed by atoms with van der Waals surface area (Å²) in [4.78, 5) is 48.5. The fourth-order valence-corrected chi connectivity index (χ4v) is 5.06. The van der Waals surface area contributed by atoms with E-state index in [1.54, 1.807) is 5.38 Å². The summed E-state index contributed by atoms with van der Waals surface area (Å²) in [6, 6.07) is -0.791. The molecule has 0 bridgehead atoms. The largest absolute Gasteiger partial charge is 0.454 e. The number of nitrogens with two attached hydrogens (primary N) is 1. The molecule has 1 unspecified atom stereocenters. The van der Waals surface area contributed by atoms with Crippen LogP contribution in [0.5, 0.6) is 0 Å². The van der Waals surface area contributed by atoms with Crippen molar-refractivity contribution >= 4 is 51.7 Å². The van der Waals surface area contributed by atoms with Gasteiger partial charge in [0.15, 0.2) is 10.8 Å². The van der Waals surface area contributed by atoms with Crippen molar-refractivity contribution in [1.82, 2.24) is 15.2 Å². The van der Waals surface area contributed by atoms with E-state index in [4.69, 9.17) is 24.8 Å². The van der Waals surface area contributed by atoms with E-state index in [9.17, 15) is 14.4 Å². The molecule has 1 aromatic rings. The van der Waals surface area contributed by atoms with Gasteiger partial charge in [0, 0.05) is 17.3 Å². The van der Waals surface area contributed by atoms with Crippen LogP contribution in [0.4, 0.5) is 5.13 Å². The fraction of sp³-hybridized carbons (Fsp3) is 0.591. The number of amides is 2. The van der Waals surface area contributed by atoms with Crippen LogP contribution in [0.25, 0.3) is 0 Å². The van der Waals surface area contributed by atoms with Gasteiger partial charge in [-0.3, -0.25) is 9.59 Å². The molecule has 2 aliphatic heterocycles. The van der Waals surface area contributed by atoms with Gasteiger partial charge in [-0.1, -0.05) is 5.16 Å². The summed E-state index contributed by atoms with van der Waals surface area (Å²) in [7, 11) is 1.30. The third-order valence-electron chi connectivity index (χ3n) is 5.00. The number of aromatic nitrogens is 1. The first kappa shape index (κ1) is 27.9. The maximum absolute atomic E-state index is 12.8. The predicted molar refractivity (Wildman–Crippen MR) is 135 cm³/mol.